The highest BCUT2D eigenvalue weighted by molar-refractivity contribution is 7.81. The van der Waals surface area contributed by atoms with Gasteiger partial charge in [0.1, 0.15) is 0 Å². The van der Waals surface area contributed by atoms with Gasteiger partial charge in [-0.15, -0.1) is 0 Å². The summed E-state index contributed by atoms with van der Waals surface area (Å²) >= 11 is 0. The minimum Gasteiger partial charge on any atom is -0.453 e. The second kappa shape index (κ2) is 6.28. The molecule has 1 unspecified atom stereocenters. The average Bonchev–Trinajstić information content (AvgIpc) is 2.21. The highest BCUT2D eigenvalue weighted by Crippen LogP contribution is 2.11. The SMILES string of the molecule is C=C(C)C(=O)OCC(OS(=O)(=O)OC)[N+](C)(C)C. The predicted molar refractivity (Wildman–Crippen MR) is 64.6 cm³/mol. The Labute approximate surface area is 108 Å². The minimum atomic E-state index is -4.10. The van der Waals surface area contributed by atoms with Gasteiger partial charge in [0.15, 0.2) is 6.61 Å². The molecular weight excluding hydrogens is 262 g/mol. The molecule has 0 fully saturated rings. The van der Waals surface area contributed by atoms with Gasteiger partial charge in [0, 0.05) is 5.57 Å². The Bertz CT molecular complexity index is 409. The van der Waals surface area contributed by atoms with Gasteiger partial charge in [-0.3, -0.25) is 4.18 Å². The number of hydrogen-bond donors (Lipinski definition) is 0. The zero-order valence-electron chi connectivity index (χ0n) is 11.3. The Balaban J connectivity index is 4.73. The van der Waals surface area contributed by atoms with Gasteiger partial charge >= 0.3 is 16.4 Å². The molecule has 0 aromatic carbocycles. The molecule has 0 aromatic heterocycles. The molecule has 8 heteroatoms. The first-order valence-corrected chi connectivity index (χ1v) is 6.45. The summed E-state index contributed by atoms with van der Waals surface area (Å²) < 4.78 is 36.4. The molecule has 0 radical (unpaired) electrons. The highest BCUT2D eigenvalue weighted by atomic mass is 32.3. The van der Waals surface area contributed by atoms with Crippen molar-refractivity contribution < 1.29 is 30.8 Å². The number of likely N-dealkylation sites (N-methyl/N-ethyl adjacent to an activating group) is 1. The molecule has 7 nitrogen and oxygen atoms in total. The van der Waals surface area contributed by atoms with Crippen molar-refractivity contribution in [2.75, 3.05) is 34.9 Å². The first-order valence-electron chi connectivity index (χ1n) is 5.12. The first-order chi connectivity index (χ1) is 7.99. The molecule has 18 heavy (non-hydrogen) atoms. The number of rotatable bonds is 7. The molecule has 0 aliphatic rings. The normalized spacial score (nSPS) is 14.1. The summed E-state index contributed by atoms with van der Waals surface area (Å²) in [5, 5.41) is 0. The van der Waals surface area contributed by atoms with E-state index in [2.05, 4.69) is 10.8 Å². The zero-order valence-corrected chi connectivity index (χ0v) is 12.1. The fraction of sp³-hybridized carbons (Fsp3) is 0.700. The molecule has 0 heterocycles. The van der Waals surface area contributed by atoms with E-state index in [4.69, 9.17) is 8.92 Å². The van der Waals surface area contributed by atoms with Crippen molar-refractivity contribution in [1.29, 1.82) is 0 Å². The van der Waals surface area contributed by atoms with Crippen LogP contribution in [0.5, 0.6) is 0 Å². The van der Waals surface area contributed by atoms with E-state index in [1.54, 1.807) is 21.1 Å². The topological polar surface area (TPSA) is 78.9 Å². The van der Waals surface area contributed by atoms with E-state index in [1.807, 2.05) is 0 Å². The van der Waals surface area contributed by atoms with Crippen molar-refractivity contribution >= 4 is 16.4 Å². The van der Waals surface area contributed by atoms with Crippen LogP contribution in [-0.2, 0) is 28.3 Å². The third-order valence-electron chi connectivity index (χ3n) is 2.00. The predicted octanol–water partition coefficient (Wildman–Crippen LogP) is 0.0458. The second-order valence-electron chi connectivity index (χ2n) is 4.62. The minimum absolute atomic E-state index is 0.117. The summed E-state index contributed by atoms with van der Waals surface area (Å²) in [5.41, 5.74) is 0.227. The van der Waals surface area contributed by atoms with Gasteiger partial charge in [-0.25, -0.2) is 4.79 Å². The van der Waals surface area contributed by atoms with Crippen LogP contribution < -0.4 is 0 Å². The molecule has 0 saturated carbocycles. The van der Waals surface area contributed by atoms with Crippen LogP contribution in [0.15, 0.2) is 12.2 Å². The number of quaternary nitrogens is 1. The van der Waals surface area contributed by atoms with Gasteiger partial charge in [0.05, 0.1) is 28.3 Å². The average molecular weight is 282 g/mol. The van der Waals surface area contributed by atoms with Gasteiger partial charge < -0.3 is 9.22 Å². The number of carbonyl (C=O) groups excluding carboxylic acids is 1. The Kier molecular flexibility index (Phi) is 5.94. The molecule has 0 spiro atoms. The van der Waals surface area contributed by atoms with Crippen molar-refractivity contribution in [2.45, 2.75) is 13.2 Å². The standard InChI is InChI=1S/C10H20NO6S/c1-8(2)10(12)16-7-9(11(3,4)5)17-18(13,14)15-6/h9H,1,7H2,2-6H3/q+1. The number of nitrogens with zero attached hydrogens (tertiary/aromatic N) is 1. The van der Waals surface area contributed by atoms with E-state index in [9.17, 15) is 13.2 Å². The van der Waals surface area contributed by atoms with Crippen LogP contribution in [0.25, 0.3) is 0 Å². The molecule has 0 aliphatic carbocycles. The summed E-state index contributed by atoms with van der Waals surface area (Å²) in [6.07, 6.45) is -0.904. The van der Waals surface area contributed by atoms with Crippen molar-refractivity contribution in [3.63, 3.8) is 0 Å². The summed E-state index contributed by atoms with van der Waals surface area (Å²) in [5.74, 6) is -0.605. The number of ether oxygens (including phenoxy) is 1. The summed E-state index contributed by atoms with van der Waals surface area (Å²) in [7, 11) is 1.99. The molecule has 0 rings (SSSR count). The Hall–Kier alpha value is -0.960. The molecule has 1 atom stereocenters. The van der Waals surface area contributed by atoms with E-state index in [-0.39, 0.29) is 16.7 Å². The van der Waals surface area contributed by atoms with Gasteiger partial charge in [-0.1, -0.05) is 6.58 Å². The van der Waals surface area contributed by atoms with Crippen LogP contribution >= 0.6 is 0 Å². The van der Waals surface area contributed by atoms with Crippen molar-refractivity contribution in [3.8, 4) is 0 Å². The van der Waals surface area contributed by atoms with Crippen molar-refractivity contribution in [1.82, 2.24) is 0 Å². The fourth-order valence-electron chi connectivity index (χ4n) is 0.826. The van der Waals surface area contributed by atoms with E-state index >= 15 is 0 Å². The summed E-state index contributed by atoms with van der Waals surface area (Å²) in [4.78, 5) is 11.2. The Morgan fingerprint density at radius 1 is 1.33 bits per heavy atom. The largest absolute Gasteiger partial charge is 0.453 e. The van der Waals surface area contributed by atoms with E-state index < -0.39 is 22.6 Å². The third-order valence-corrected chi connectivity index (χ3v) is 2.87. The molecule has 0 amide bonds. The highest BCUT2D eigenvalue weighted by Gasteiger charge is 2.32. The van der Waals surface area contributed by atoms with Gasteiger partial charge in [-0.2, -0.15) is 12.6 Å². The van der Waals surface area contributed by atoms with Crippen LogP contribution in [0.1, 0.15) is 6.92 Å². The maximum absolute atomic E-state index is 11.2. The number of hydrogen-bond acceptors (Lipinski definition) is 6. The van der Waals surface area contributed by atoms with Gasteiger partial charge in [0.25, 0.3) is 0 Å². The Morgan fingerprint density at radius 2 is 1.83 bits per heavy atom. The van der Waals surface area contributed by atoms with Crippen LogP contribution in [-0.4, -0.2) is 60.0 Å². The van der Waals surface area contributed by atoms with Crippen LogP contribution in [0.4, 0.5) is 0 Å². The quantitative estimate of drug-likeness (QED) is 0.284. The van der Waals surface area contributed by atoms with E-state index in [0.29, 0.717) is 0 Å². The maximum atomic E-state index is 11.2. The Morgan fingerprint density at radius 3 is 2.17 bits per heavy atom. The fourth-order valence-corrected chi connectivity index (χ4v) is 1.49. The monoisotopic (exact) mass is 282 g/mol. The number of carbonyl (C=O) groups is 1. The second-order valence-corrected chi connectivity index (χ2v) is 5.96. The van der Waals surface area contributed by atoms with Crippen molar-refractivity contribution in [3.05, 3.63) is 12.2 Å². The van der Waals surface area contributed by atoms with Crippen LogP contribution in [0.2, 0.25) is 0 Å². The molecule has 0 bridgehead atoms. The summed E-state index contributed by atoms with van der Waals surface area (Å²) in [6.45, 7) is 4.69. The van der Waals surface area contributed by atoms with Crippen LogP contribution in [0.3, 0.4) is 0 Å². The van der Waals surface area contributed by atoms with Gasteiger partial charge in [-0.05, 0) is 6.92 Å². The lowest BCUT2D eigenvalue weighted by Gasteiger charge is -2.31. The molecule has 106 valence electrons. The van der Waals surface area contributed by atoms with E-state index in [1.165, 1.54) is 6.92 Å². The smallest absolute Gasteiger partial charge is 0.404 e. The molecular formula is C10H20NO6S+. The lowest BCUT2D eigenvalue weighted by atomic mass is 10.4. The van der Waals surface area contributed by atoms with Gasteiger partial charge in [0.2, 0.25) is 6.23 Å². The number of esters is 1. The molecule has 0 saturated heterocycles. The molecule has 0 aliphatic heterocycles. The lowest BCUT2D eigenvalue weighted by Crippen LogP contribution is -2.50. The van der Waals surface area contributed by atoms with Crippen molar-refractivity contribution in [2.24, 2.45) is 0 Å². The zero-order chi connectivity index (χ0) is 14.6. The maximum Gasteiger partial charge on any atom is 0.404 e. The lowest BCUT2D eigenvalue weighted by molar-refractivity contribution is -0.915. The first kappa shape index (κ1) is 17.0. The van der Waals surface area contributed by atoms with E-state index in [0.717, 1.165) is 7.11 Å². The molecule has 0 aromatic rings. The van der Waals surface area contributed by atoms with Crippen LogP contribution in [0, 0.1) is 0 Å². The molecule has 0 N–H and O–H groups in total. The summed E-state index contributed by atoms with van der Waals surface area (Å²) in [6, 6.07) is 0. The third kappa shape index (κ3) is 6.10.